The van der Waals surface area contributed by atoms with Gasteiger partial charge in [-0.05, 0) is 31.2 Å². The van der Waals surface area contributed by atoms with Gasteiger partial charge in [0.2, 0.25) is 0 Å². The molecule has 1 heterocycles. The molecular formula is C14H16N4O. The van der Waals surface area contributed by atoms with Crippen LogP contribution in [0.2, 0.25) is 0 Å². The van der Waals surface area contributed by atoms with Gasteiger partial charge in [0.1, 0.15) is 5.69 Å². The van der Waals surface area contributed by atoms with E-state index >= 15 is 0 Å². The second-order valence-corrected chi connectivity index (χ2v) is 4.28. The molecule has 2 aromatic rings. The first-order valence-electron chi connectivity index (χ1n) is 5.86. The summed E-state index contributed by atoms with van der Waals surface area (Å²) < 4.78 is 0. The van der Waals surface area contributed by atoms with Crippen LogP contribution in [0.1, 0.15) is 11.3 Å². The van der Waals surface area contributed by atoms with Crippen LogP contribution < -0.4 is 10.6 Å². The number of aryl methyl sites for hydroxylation is 1. The van der Waals surface area contributed by atoms with Crippen LogP contribution >= 0.6 is 0 Å². The number of amidine groups is 1. The van der Waals surface area contributed by atoms with Gasteiger partial charge in [-0.3, -0.25) is 4.98 Å². The third-order valence-electron chi connectivity index (χ3n) is 2.93. The lowest BCUT2D eigenvalue weighted by molar-refractivity contribution is 0.318. The fourth-order valence-corrected chi connectivity index (χ4v) is 1.70. The first kappa shape index (κ1) is 12.9. The van der Waals surface area contributed by atoms with E-state index in [1.807, 2.05) is 30.1 Å². The summed E-state index contributed by atoms with van der Waals surface area (Å²) in [5, 5.41) is 11.5. The summed E-state index contributed by atoms with van der Waals surface area (Å²) in [5.74, 6) is 0.00420. The second kappa shape index (κ2) is 5.39. The molecule has 0 saturated heterocycles. The van der Waals surface area contributed by atoms with E-state index in [4.69, 9.17) is 10.9 Å². The van der Waals surface area contributed by atoms with E-state index in [1.54, 1.807) is 12.3 Å². The topological polar surface area (TPSA) is 74.7 Å². The maximum Gasteiger partial charge on any atom is 0.188 e. The maximum atomic E-state index is 8.58. The van der Waals surface area contributed by atoms with Crippen LogP contribution in [-0.4, -0.2) is 23.1 Å². The lowest BCUT2D eigenvalue weighted by Gasteiger charge is -2.19. The van der Waals surface area contributed by atoms with Crippen molar-refractivity contribution in [2.24, 2.45) is 10.9 Å². The molecule has 2 rings (SSSR count). The fraction of sp³-hybridized carbons (Fsp3) is 0.143. The van der Waals surface area contributed by atoms with Gasteiger partial charge in [0.25, 0.3) is 0 Å². The average Bonchev–Trinajstić information content (AvgIpc) is 2.46. The Hall–Kier alpha value is -2.56. The van der Waals surface area contributed by atoms with E-state index in [0.29, 0.717) is 5.69 Å². The molecule has 0 aliphatic heterocycles. The fourth-order valence-electron chi connectivity index (χ4n) is 1.70. The van der Waals surface area contributed by atoms with Gasteiger partial charge in [0, 0.05) is 12.7 Å². The van der Waals surface area contributed by atoms with Crippen molar-refractivity contribution in [1.29, 1.82) is 0 Å². The molecule has 0 spiro atoms. The normalized spacial score (nSPS) is 11.4. The van der Waals surface area contributed by atoms with Crippen molar-refractivity contribution in [2.75, 3.05) is 11.9 Å². The number of anilines is 2. The Labute approximate surface area is 112 Å². The number of nitrogens with two attached hydrogens (primary N) is 1. The lowest BCUT2D eigenvalue weighted by Crippen LogP contribution is -2.16. The van der Waals surface area contributed by atoms with E-state index in [2.05, 4.69) is 29.2 Å². The van der Waals surface area contributed by atoms with Crippen molar-refractivity contribution in [2.45, 2.75) is 6.92 Å². The van der Waals surface area contributed by atoms with Crippen LogP contribution in [0.15, 0.2) is 47.8 Å². The summed E-state index contributed by atoms with van der Waals surface area (Å²) in [6.45, 7) is 2.05. The minimum absolute atomic E-state index is 0.00420. The SMILES string of the molecule is Cc1ccc(N(C)c2ccc(/C(N)=N/O)nc2)cc1. The summed E-state index contributed by atoms with van der Waals surface area (Å²) in [5.41, 5.74) is 9.14. The minimum Gasteiger partial charge on any atom is -0.409 e. The number of benzene rings is 1. The van der Waals surface area contributed by atoms with Gasteiger partial charge < -0.3 is 15.8 Å². The highest BCUT2D eigenvalue weighted by Crippen LogP contribution is 2.22. The van der Waals surface area contributed by atoms with Crippen molar-refractivity contribution in [1.82, 2.24) is 4.98 Å². The zero-order valence-corrected chi connectivity index (χ0v) is 10.9. The number of hydrogen-bond acceptors (Lipinski definition) is 4. The number of rotatable bonds is 3. The van der Waals surface area contributed by atoms with E-state index in [9.17, 15) is 0 Å². The maximum absolute atomic E-state index is 8.58. The van der Waals surface area contributed by atoms with Gasteiger partial charge in [-0.25, -0.2) is 0 Å². The van der Waals surface area contributed by atoms with Crippen molar-refractivity contribution in [3.8, 4) is 0 Å². The zero-order chi connectivity index (χ0) is 13.8. The standard InChI is InChI=1S/C14H16N4O/c1-10-3-5-11(6-4-10)18(2)12-7-8-13(16-9-12)14(15)17-19/h3-9,19H,1-2H3,(H2,15,17). The Morgan fingerprint density at radius 1 is 1.16 bits per heavy atom. The summed E-state index contributed by atoms with van der Waals surface area (Å²) in [6, 6.07) is 11.8. The third kappa shape index (κ3) is 2.82. The van der Waals surface area contributed by atoms with E-state index in [-0.39, 0.29) is 5.84 Å². The highest BCUT2D eigenvalue weighted by atomic mass is 16.4. The number of hydrogen-bond donors (Lipinski definition) is 2. The van der Waals surface area contributed by atoms with Crippen LogP contribution in [0.5, 0.6) is 0 Å². The summed E-state index contributed by atoms with van der Waals surface area (Å²) >= 11 is 0. The van der Waals surface area contributed by atoms with Crippen LogP contribution in [0, 0.1) is 6.92 Å². The molecule has 0 aliphatic rings. The predicted octanol–water partition coefficient (Wildman–Crippen LogP) is 2.25. The zero-order valence-electron chi connectivity index (χ0n) is 10.9. The monoisotopic (exact) mass is 256 g/mol. The first-order chi connectivity index (χ1) is 9.11. The van der Waals surface area contributed by atoms with Gasteiger partial charge in [-0.2, -0.15) is 0 Å². The molecule has 3 N–H and O–H groups in total. The van der Waals surface area contributed by atoms with E-state index < -0.39 is 0 Å². The predicted molar refractivity (Wildman–Crippen MR) is 76.0 cm³/mol. The van der Waals surface area contributed by atoms with Gasteiger partial charge >= 0.3 is 0 Å². The van der Waals surface area contributed by atoms with Crippen LogP contribution in [0.3, 0.4) is 0 Å². The summed E-state index contributed by atoms with van der Waals surface area (Å²) in [4.78, 5) is 6.17. The Balaban J connectivity index is 2.24. The van der Waals surface area contributed by atoms with E-state index in [0.717, 1.165) is 11.4 Å². The molecule has 19 heavy (non-hydrogen) atoms. The van der Waals surface area contributed by atoms with Gasteiger partial charge in [-0.15, -0.1) is 0 Å². The molecular weight excluding hydrogens is 240 g/mol. The molecule has 0 bridgehead atoms. The Kier molecular flexibility index (Phi) is 3.66. The third-order valence-corrected chi connectivity index (χ3v) is 2.93. The van der Waals surface area contributed by atoms with E-state index in [1.165, 1.54) is 5.56 Å². The lowest BCUT2D eigenvalue weighted by atomic mass is 10.2. The molecule has 0 radical (unpaired) electrons. The van der Waals surface area contributed by atoms with Gasteiger partial charge in [0.05, 0.1) is 11.9 Å². The van der Waals surface area contributed by atoms with Crippen molar-refractivity contribution in [3.05, 3.63) is 53.9 Å². The quantitative estimate of drug-likeness (QED) is 0.382. The number of nitrogens with zero attached hydrogens (tertiary/aromatic N) is 3. The molecule has 0 atom stereocenters. The molecule has 1 aromatic heterocycles. The molecule has 0 amide bonds. The minimum atomic E-state index is 0.00420. The second-order valence-electron chi connectivity index (χ2n) is 4.28. The Morgan fingerprint density at radius 3 is 2.32 bits per heavy atom. The molecule has 0 saturated carbocycles. The summed E-state index contributed by atoms with van der Waals surface area (Å²) in [7, 11) is 1.96. The molecule has 98 valence electrons. The first-order valence-corrected chi connectivity index (χ1v) is 5.86. The molecule has 0 unspecified atom stereocenters. The van der Waals surface area contributed by atoms with Crippen LogP contribution in [-0.2, 0) is 0 Å². The smallest absolute Gasteiger partial charge is 0.188 e. The highest BCUT2D eigenvalue weighted by Gasteiger charge is 2.06. The van der Waals surface area contributed by atoms with Gasteiger partial charge in [0.15, 0.2) is 5.84 Å². The number of pyridine rings is 1. The Morgan fingerprint density at radius 2 is 1.79 bits per heavy atom. The number of oxime groups is 1. The van der Waals surface area contributed by atoms with Crippen molar-refractivity contribution in [3.63, 3.8) is 0 Å². The average molecular weight is 256 g/mol. The molecule has 5 heteroatoms. The summed E-state index contributed by atoms with van der Waals surface area (Å²) in [6.07, 6.45) is 1.69. The van der Waals surface area contributed by atoms with Crippen molar-refractivity contribution < 1.29 is 5.21 Å². The largest absolute Gasteiger partial charge is 0.409 e. The van der Waals surface area contributed by atoms with Gasteiger partial charge in [-0.1, -0.05) is 22.9 Å². The molecule has 5 nitrogen and oxygen atoms in total. The highest BCUT2D eigenvalue weighted by molar-refractivity contribution is 5.95. The molecule has 0 aliphatic carbocycles. The number of aromatic nitrogens is 1. The molecule has 1 aromatic carbocycles. The molecule has 0 fully saturated rings. The van der Waals surface area contributed by atoms with Crippen LogP contribution in [0.4, 0.5) is 11.4 Å². The Bertz CT molecular complexity index is 575. The van der Waals surface area contributed by atoms with Crippen LogP contribution in [0.25, 0.3) is 0 Å². The van der Waals surface area contributed by atoms with Crippen molar-refractivity contribution >= 4 is 17.2 Å².